The summed E-state index contributed by atoms with van der Waals surface area (Å²) in [5.41, 5.74) is 1.30. The van der Waals surface area contributed by atoms with Gasteiger partial charge in [-0.2, -0.15) is 13.2 Å². The van der Waals surface area contributed by atoms with Crippen LogP contribution in [0.2, 0.25) is 0 Å². The highest BCUT2D eigenvalue weighted by Gasteiger charge is 2.40. The average Bonchev–Trinajstić information content (AvgIpc) is 3.25. The molecule has 0 saturated carbocycles. The lowest BCUT2D eigenvalue weighted by Crippen LogP contribution is -2.34. The molecule has 4 rings (SSSR count). The third kappa shape index (κ3) is 4.53. The van der Waals surface area contributed by atoms with E-state index in [-0.39, 0.29) is 23.7 Å². The summed E-state index contributed by atoms with van der Waals surface area (Å²) in [6, 6.07) is 7.82. The largest absolute Gasteiger partial charge is 0.486 e. The van der Waals surface area contributed by atoms with E-state index in [9.17, 15) is 22.8 Å². The van der Waals surface area contributed by atoms with Crippen molar-refractivity contribution in [3.8, 4) is 5.75 Å². The lowest BCUT2D eigenvalue weighted by Gasteiger charge is -2.32. The fraction of sp³-hybridized carbons (Fsp3) is 0.333. The van der Waals surface area contributed by atoms with E-state index in [2.05, 4.69) is 5.32 Å². The first-order chi connectivity index (χ1) is 15.7. The Labute approximate surface area is 188 Å². The van der Waals surface area contributed by atoms with Crippen molar-refractivity contribution in [2.75, 3.05) is 7.11 Å². The molecule has 6 nitrogen and oxygen atoms in total. The van der Waals surface area contributed by atoms with E-state index < -0.39 is 23.6 Å². The van der Waals surface area contributed by atoms with Crippen molar-refractivity contribution in [2.45, 2.75) is 44.9 Å². The van der Waals surface area contributed by atoms with Crippen molar-refractivity contribution < 1.29 is 36.7 Å². The maximum absolute atomic E-state index is 12.9. The zero-order valence-electron chi connectivity index (χ0n) is 18.0. The highest BCUT2D eigenvalue weighted by atomic mass is 19.4. The second-order valence-electron chi connectivity index (χ2n) is 7.88. The Morgan fingerprint density at radius 3 is 2.73 bits per heavy atom. The number of carbonyl (C=O) groups excluding carboxylic acids is 2. The molecule has 174 valence electrons. The molecule has 1 N–H and O–H groups in total. The van der Waals surface area contributed by atoms with E-state index in [1.165, 1.54) is 19.2 Å². The summed E-state index contributed by atoms with van der Waals surface area (Å²) in [6.45, 7) is 1.62. The molecule has 2 heterocycles. The average molecular weight is 461 g/mol. The van der Waals surface area contributed by atoms with Crippen molar-refractivity contribution in [3.63, 3.8) is 0 Å². The predicted octanol–water partition coefficient (Wildman–Crippen LogP) is 5.02. The van der Waals surface area contributed by atoms with Gasteiger partial charge in [0.05, 0.1) is 24.2 Å². The monoisotopic (exact) mass is 461 g/mol. The molecule has 0 saturated heterocycles. The zero-order valence-corrected chi connectivity index (χ0v) is 18.0. The summed E-state index contributed by atoms with van der Waals surface area (Å²) in [4.78, 5) is 25.3. The SMILES string of the molecule is COC(=O)C1=C(C)NC2=C(C(=O)CCC2)[C@@H]1c1ccc(COc2cccc(C(F)(F)F)c2)o1. The molecule has 33 heavy (non-hydrogen) atoms. The van der Waals surface area contributed by atoms with E-state index in [1.54, 1.807) is 19.1 Å². The van der Waals surface area contributed by atoms with Crippen molar-refractivity contribution >= 4 is 11.8 Å². The highest BCUT2D eigenvalue weighted by Crippen LogP contribution is 2.43. The van der Waals surface area contributed by atoms with Gasteiger partial charge >= 0.3 is 12.1 Å². The Kier molecular flexibility index (Phi) is 6.05. The number of rotatable bonds is 5. The van der Waals surface area contributed by atoms with Crippen molar-refractivity contribution in [1.29, 1.82) is 0 Å². The van der Waals surface area contributed by atoms with Crippen LogP contribution in [0.1, 0.15) is 49.2 Å². The number of esters is 1. The van der Waals surface area contributed by atoms with E-state index >= 15 is 0 Å². The zero-order chi connectivity index (χ0) is 23.8. The van der Waals surface area contributed by atoms with Gasteiger partial charge in [0.2, 0.25) is 0 Å². The quantitative estimate of drug-likeness (QED) is 0.631. The lowest BCUT2D eigenvalue weighted by atomic mass is 9.77. The number of nitrogens with one attached hydrogen (secondary N) is 1. The van der Waals surface area contributed by atoms with Gasteiger partial charge in [0.25, 0.3) is 0 Å². The van der Waals surface area contributed by atoms with E-state index in [0.29, 0.717) is 42.1 Å². The molecule has 1 aromatic heterocycles. The second kappa shape index (κ2) is 8.80. The van der Waals surface area contributed by atoms with Gasteiger partial charge in [0.1, 0.15) is 23.9 Å². The second-order valence-corrected chi connectivity index (χ2v) is 7.88. The third-order valence-corrected chi connectivity index (χ3v) is 5.69. The predicted molar refractivity (Wildman–Crippen MR) is 111 cm³/mol. The van der Waals surface area contributed by atoms with Gasteiger partial charge < -0.3 is 19.2 Å². The third-order valence-electron chi connectivity index (χ3n) is 5.69. The highest BCUT2D eigenvalue weighted by molar-refractivity contribution is 6.03. The molecular formula is C24H22F3NO5. The Balaban J connectivity index is 1.61. The molecule has 1 aromatic carbocycles. The minimum absolute atomic E-state index is 0.0445. The number of allylic oxidation sites excluding steroid dienone is 3. The molecule has 9 heteroatoms. The van der Waals surface area contributed by atoms with Crippen molar-refractivity contribution in [1.82, 2.24) is 5.32 Å². The summed E-state index contributed by atoms with van der Waals surface area (Å²) in [6.07, 6.45) is -2.71. The maximum atomic E-state index is 12.9. The van der Waals surface area contributed by atoms with Gasteiger partial charge in [-0.1, -0.05) is 6.07 Å². The van der Waals surface area contributed by atoms with Crippen molar-refractivity contribution in [3.05, 3.63) is 76.0 Å². The molecule has 2 aliphatic rings. The molecule has 2 aromatic rings. The van der Waals surface area contributed by atoms with Crippen LogP contribution in [0.5, 0.6) is 5.75 Å². The van der Waals surface area contributed by atoms with Gasteiger partial charge in [-0.3, -0.25) is 4.79 Å². The fourth-order valence-corrected chi connectivity index (χ4v) is 4.19. The Hall–Kier alpha value is -3.49. The molecule has 0 bridgehead atoms. The van der Waals surface area contributed by atoms with E-state index in [4.69, 9.17) is 13.9 Å². The standard InChI is InChI=1S/C24H22F3NO5/c1-13-20(23(30)31-2)22(21-17(28-13)7-4-8-18(21)29)19-10-9-16(33-19)12-32-15-6-3-5-14(11-15)24(25,26)27/h3,5-6,9-11,22,28H,4,7-8,12H2,1-2H3/t22-/m1/s1. The first-order valence-electron chi connectivity index (χ1n) is 10.4. The summed E-state index contributed by atoms with van der Waals surface area (Å²) >= 11 is 0. The molecule has 0 spiro atoms. The summed E-state index contributed by atoms with van der Waals surface area (Å²) in [7, 11) is 1.27. The van der Waals surface area contributed by atoms with E-state index in [0.717, 1.165) is 17.8 Å². The topological polar surface area (TPSA) is 77.8 Å². The number of ether oxygens (including phenoxy) is 2. The number of Topliss-reactive ketones (excluding diaryl/α,β-unsaturated/α-hetero) is 1. The molecule has 0 fully saturated rings. The minimum atomic E-state index is -4.47. The number of hydrogen-bond acceptors (Lipinski definition) is 6. The molecule has 1 aliphatic carbocycles. The Morgan fingerprint density at radius 1 is 1.21 bits per heavy atom. The van der Waals surface area contributed by atoms with Crippen LogP contribution in [-0.4, -0.2) is 18.9 Å². The molecule has 0 amide bonds. The van der Waals surface area contributed by atoms with Crippen LogP contribution in [0.15, 0.2) is 63.4 Å². The number of ketones is 1. The van der Waals surface area contributed by atoms with Crippen LogP contribution in [0.4, 0.5) is 13.2 Å². The first-order valence-corrected chi connectivity index (χ1v) is 10.4. The number of furan rings is 1. The van der Waals surface area contributed by atoms with E-state index in [1.807, 2.05) is 0 Å². The molecule has 0 radical (unpaired) electrons. The minimum Gasteiger partial charge on any atom is -0.486 e. The van der Waals surface area contributed by atoms with Gasteiger partial charge in [0, 0.05) is 23.4 Å². The van der Waals surface area contributed by atoms with Crippen LogP contribution in [0, 0.1) is 0 Å². The molecule has 1 aliphatic heterocycles. The normalized spacial score (nSPS) is 18.7. The van der Waals surface area contributed by atoms with Gasteiger partial charge in [0.15, 0.2) is 5.78 Å². The maximum Gasteiger partial charge on any atom is 0.416 e. The Morgan fingerprint density at radius 2 is 2.00 bits per heavy atom. The number of methoxy groups -OCH3 is 1. The van der Waals surface area contributed by atoms with Crippen LogP contribution >= 0.6 is 0 Å². The number of dihydropyridines is 1. The molecule has 1 atom stereocenters. The first kappa shape index (κ1) is 22.7. The summed E-state index contributed by atoms with van der Waals surface area (Å²) < 4.78 is 55.1. The van der Waals surface area contributed by atoms with Gasteiger partial charge in [-0.25, -0.2) is 4.79 Å². The van der Waals surface area contributed by atoms with Crippen LogP contribution < -0.4 is 10.1 Å². The fourth-order valence-electron chi connectivity index (χ4n) is 4.19. The summed E-state index contributed by atoms with van der Waals surface area (Å²) in [5.74, 6) is -0.629. The van der Waals surface area contributed by atoms with Crippen LogP contribution in [0.3, 0.4) is 0 Å². The smallest absolute Gasteiger partial charge is 0.416 e. The molecule has 0 unspecified atom stereocenters. The number of carbonyl (C=O) groups is 2. The van der Waals surface area contributed by atoms with Crippen LogP contribution in [0.25, 0.3) is 0 Å². The number of hydrogen-bond donors (Lipinski definition) is 1. The Bertz CT molecular complexity index is 1160. The van der Waals surface area contributed by atoms with Crippen LogP contribution in [-0.2, 0) is 27.1 Å². The van der Waals surface area contributed by atoms with Gasteiger partial charge in [-0.15, -0.1) is 0 Å². The van der Waals surface area contributed by atoms with Crippen molar-refractivity contribution in [2.24, 2.45) is 0 Å². The lowest BCUT2D eigenvalue weighted by molar-refractivity contribution is -0.138. The summed E-state index contributed by atoms with van der Waals surface area (Å²) in [5, 5.41) is 3.16. The number of halogens is 3. The molecular weight excluding hydrogens is 439 g/mol. The number of alkyl halides is 3. The number of benzene rings is 1. The van der Waals surface area contributed by atoms with Gasteiger partial charge in [-0.05, 0) is 50.1 Å².